The van der Waals surface area contributed by atoms with E-state index in [1.54, 1.807) is 0 Å². The van der Waals surface area contributed by atoms with Gasteiger partial charge in [0.25, 0.3) is 0 Å². The number of rotatable bonds is 3. The largest absolute Gasteiger partial charge is 0.392 e. The zero-order chi connectivity index (χ0) is 7.94. The standard InChI is InChI=1S/C9H16OS/c10-6-2-1-3-9-4-7-11-8-5-9/h1-2,9-10H,3-8H2/b2-1-. The Morgan fingerprint density at radius 2 is 2.00 bits per heavy atom. The van der Waals surface area contributed by atoms with Crippen LogP contribution in [-0.2, 0) is 0 Å². The molecule has 0 unspecified atom stereocenters. The predicted octanol–water partition coefficient (Wildman–Crippen LogP) is 2.07. The van der Waals surface area contributed by atoms with Crippen molar-refractivity contribution < 1.29 is 5.11 Å². The number of hydrogen-bond donors (Lipinski definition) is 1. The molecule has 0 atom stereocenters. The first-order valence-corrected chi connectivity index (χ1v) is 5.42. The van der Waals surface area contributed by atoms with Crippen molar-refractivity contribution in [2.45, 2.75) is 19.3 Å². The van der Waals surface area contributed by atoms with Gasteiger partial charge in [0.2, 0.25) is 0 Å². The second kappa shape index (κ2) is 5.67. The van der Waals surface area contributed by atoms with E-state index < -0.39 is 0 Å². The molecule has 0 aromatic carbocycles. The maximum atomic E-state index is 8.50. The average molecular weight is 172 g/mol. The van der Waals surface area contributed by atoms with Crippen LogP contribution in [0.5, 0.6) is 0 Å². The van der Waals surface area contributed by atoms with E-state index in [1.165, 1.54) is 30.8 Å². The van der Waals surface area contributed by atoms with Crippen LogP contribution in [0.1, 0.15) is 19.3 Å². The van der Waals surface area contributed by atoms with E-state index in [1.807, 2.05) is 6.08 Å². The van der Waals surface area contributed by atoms with Gasteiger partial charge in [0.1, 0.15) is 0 Å². The number of thioether (sulfide) groups is 1. The Hall–Kier alpha value is 0.0500. The maximum absolute atomic E-state index is 8.50. The van der Waals surface area contributed by atoms with Crippen LogP contribution >= 0.6 is 11.8 Å². The van der Waals surface area contributed by atoms with Crippen LogP contribution in [0.2, 0.25) is 0 Å². The van der Waals surface area contributed by atoms with Crippen molar-refractivity contribution in [3.05, 3.63) is 12.2 Å². The zero-order valence-corrected chi connectivity index (χ0v) is 7.65. The van der Waals surface area contributed by atoms with Crippen LogP contribution in [-0.4, -0.2) is 23.2 Å². The first kappa shape index (κ1) is 9.14. The van der Waals surface area contributed by atoms with Crippen molar-refractivity contribution in [3.63, 3.8) is 0 Å². The minimum Gasteiger partial charge on any atom is -0.392 e. The van der Waals surface area contributed by atoms with E-state index >= 15 is 0 Å². The van der Waals surface area contributed by atoms with Gasteiger partial charge in [-0.25, -0.2) is 0 Å². The third-order valence-corrected chi connectivity index (χ3v) is 3.13. The summed E-state index contributed by atoms with van der Waals surface area (Å²) < 4.78 is 0. The monoisotopic (exact) mass is 172 g/mol. The molecule has 0 saturated carbocycles. The minimum absolute atomic E-state index is 0.196. The van der Waals surface area contributed by atoms with Gasteiger partial charge in [-0.3, -0.25) is 0 Å². The van der Waals surface area contributed by atoms with Crippen molar-refractivity contribution >= 4 is 11.8 Å². The third kappa shape index (κ3) is 3.82. The molecule has 1 fully saturated rings. The number of aliphatic hydroxyl groups excluding tert-OH is 1. The number of aliphatic hydroxyl groups is 1. The van der Waals surface area contributed by atoms with Crippen LogP contribution in [0, 0.1) is 5.92 Å². The lowest BCUT2D eigenvalue weighted by molar-refractivity contribution is 0.342. The summed E-state index contributed by atoms with van der Waals surface area (Å²) in [5, 5.41) is 8.50. The zero-order valence-electron chi connectivity index (χ0n) is 6.83. The summed E-state index contributed by atoms with van der Waals surface area (Å²) in [4.78, 5) is 0. The lowest BCUT2D eigenvalue weighted by atomic mass is 9.99. The number of allylic oxidation sites excluding steroid dienone is 1. The molecule has 1 nitrogen and oxygen atoms in total. The molecule has 0 aliphatic carbocycles. The van der Waals surface area contributed by atoms with Gasteiger partial charge in [0.15, 0.2) is 0 Å². The fourth-order valence-corrected chi connectivity index (χ4v) is 2.55. The molecule has 1 rings (SSSR count). The van der Waals surface area contributed by atoms with E-state index in [0.717, 1.165) is 5.92 Å². The molecule has 1 aliphatic rings. The van der Waals surface area contributed by atoms with Gasteiger partial charge in [-0.05, 0) is 36.7 Å². The Bertz CT molecular complexity index is 117. The maximum Gasteiger partial charge on any atom is 0.0612 e. The number of hydrogen-bond acceptors (Lipinski definition) is 2. The van der Waals surface area contributed by atoms with E-state index in [9.17, 15) is 0 Å². The predicted molar refractivity (Wildman–Crippen MR) is 50.9 cm³/mol. The highest BCUT2D eigenvalue weighted by atomic mass is 32.2. The molecule has 1 heterocycles. The van der Waals surface area contributed by atoms with Crippen LogP contribution in [0.4, 0.5) is 0 Å². The van der Waals surface area contributed by atoms with Gasteiger partial charge in [0, 0.05) is 0 Å². The fourth-order valence-electron chi connectivity index (χ4n) is 1.35. The van der Waals surface area contributed by atoms with Gasteiger partial charge in [0.05, 0.1) is 6.61 Å². The molecule has 0 radical (unpaired) electrons. The molecule has 64 valence electrons. The molecule has 11 heavy (non-hydrogen) atoms. The molecule has 1 N–H and O–H groups in total. The van der Waals surface area contributed by atoms with Gasteiger partial charge in [-0.1, -0.05) is 12.2 Å². The highest BCUT2D eigenvalue weighted by Gasteiger charge is 2.11. The van der Waals surface area contributed by atoms with Gasteiger partial charge < -0.3 is 5.11 Å². The Morgan fingerprint density at radius 1 is 1.27 bits per heavy atom. The van der Waals surface area contributed by atoms with Crippen LogP contribution in [0.25, 0.3) is 0 Å². The summed E-state index contributed by atoms with van der Waals surface area (Å²) in [6, 6.07) is 0. The highest BCUT2D eigenvalue weighted by molar-refractivity contribution is 7.99. The molecule has 0 bridgehead atoms. The van der Waals surface area contributed by atoms with Crippen LogP contribution in [0.3, 0.4) is 0 Å². The van der Waals surface area contributed by atoms with E-state index in [4.69, 9.17) is 5.11 Å². The molecular weight excluding hydrogens is 156 g/mol. The summed E-state index contributed by atoms with van der Waals surface area (Å²) >= 11 is 2.06. The summed E-state index contributed by atoms with van der Waals surface area (Å²) in [5.74, 6) is 3.55. The van der Waals surface area contributed by atoms with E-state index in [0.29, 0.717) is 0 Å². The Labute approximate surface area is 72.9 Å². The van der Waals surface area contributed by atoms with Crippen molar-refractivity contribution in [1.82, 2.24) is 0 Å². The normalized spacial score (nSPS) is 21.2. The molecule has 0 aromatic heterocycles. The molecule has 2 heteroatoms. The summed E-state index contributed by atoms with van der Waals surface area (Å²) in [6.45, 7) is 0.196. The molecule has 0 aromatic rings. The molecule has 1 saturated heterocycles. The summed E-state index contributed by atoms with van der Waals surface area (Å²) in [5.41, 5.74) is 0. The van der Waals surface area contributed by atoms with Crippen LogP contribution < -0.4 is 0 Å². The highest BCUT2D eigenvalue weighted by Crippen LogP contribution is 2.25. The smallest absolute Gasteiger partial charge is 0.0612 e. The van der Waals surface area contributed by atoms with Gasteiger partial charge >= 0.3 is 0 Å². The fraction of sp³-hybridized carbons (Fsp3) is 0.778. The quantitative estimate of drug-likeness (QED) is 0.658. The molecular formula is C9H16OS. The second-order valence-electron chi connectivity index (χ2n) is 2.95. The van der Waals surface area contributed by atoms with Gasteiger partial charge in [-0.2, -0.15) is 11.8 Å². The SMILES string of the molecule is OC/C=C\CC1CCSCC1. The molecule has 0 amide bonds. The topological polar surface area (TPSA) is 20.2 Å². The van der Waals surface area contributed by atoms with Gasteiger partial charge in [-0.15, -0.1) is 0 Å². The second-order valence-corrected chi connectivity index (χ2v) is 4.17. The average Bonchev–Trinajstić information content (AvgIpc) is 2.07. The van der Waals surface area contributed by atoms with Crippen LogP contribution in [0.15, 0.2) is 12.2 Å². The van der Waals surface area contributed by atoms with E-state index in [-0.39, 0.29) is 6.61 Å². The lowest BCUT2D eigenvalue weighted by Gasteiger charge is -2.19. The first-order valence-electron chi connectivity index (χ1n) is 4.27. The third-order valence-electron chi connectivity index (χ3n) is 2.08. The van der Waals surface area contributed by atoms with Crippen molar-refractivity contribution in [2.75, 3.05) is 18.1 Å². The van der Waals surface area contributed by atoms with Crippen molar-refractivity contribution in [3.8, 4) is 0 Å². The Kier molecular flexibility index (Phi) is 4.71. The lowest BCUT2D eigenvalue weighted by Crippen LogP contribution is -2.08. The first-order chi connectivity index (χ1) is 5.43. The summed E-state index contributed by atoms with van der Waals surface area (Å²) in [6.07, 6.45) is 7.85. The van der Waals surface area contributed by atoms with Crippen molar-refractivity contribution in [1.29, 1.82) is 0 Å². The molecule has 1 aliphatic heterocycles. The molecule has 0 spiro atoms. The Balaban J connectivity index is 2.09. The minimum atomic E-state index is 0.196. The van der Waals surface area contributed by atoms with Crippen molar-refractivity contribution in [2.24, 2.45) is 5.92 Å². The Morgan fingerprint density at radius 3 is 2.64 bits per heavy atom. The van der Waals surface area contributed by atoms with E-state index in [2.05, 4.69) is 17.8 Å². The summed E-state index contributed by atoms with van der Waals surface area (Å²) in [7, 11) is 0.